The van der Waals surface area contributed by atoms with E-state index in [1.807, 2.05) is 30.1 Å². The van der Waals surface area contributed by atoms with Crippen LogP contribution in [-0.2, 0) is 7.05 Å². The van der Waals surface area contributed by atoms with Crippen LogP contribution in [0.3, 0.4) is 0 Å². The second-order valence-corrected chi connectivity index (χ2v) is 7.41. The maximum atomic E-state index is 4.88. The smallest absolute Gasteiger partial charge is 0.164 e. The van der Waals surface area contributed by atoms with Gasteiger partial charge in [-0.2, -0.15) is 5.10 Å². The number of aryl methyl sites for hydroxylation is 1. The molecule has 0 aromatic carbocycles. The van der Waals surface area contributed by atoms with Crippen LogP contribution in [0, 0.1) is 0 Å². The van der Waals surface area contributed by atoms with Gasteiger partial charge in [0.2, 0.25) is 0 Å². The minimum absolute atomic E-state index is 0.670. The molecule has 7 nitrogen and oxygen atoms in total. The Balaban J connectivity index is 1.63. The lowest BCUT2D eigenvalue weighted by Gasteiger charge is -2.34. The number of likely N-dealkylation sites (N-methyl/N-ethyl adjacent to an activating group) is 1. The molecule has 27 heavy (non-hydrogen) atoms. The second-order valence-electron chi connectivity index (χ2n) is 7.41. The monoisotopic (exact) mass is 365 g/mol. The van der Waals surface area contributed by atoms with Crippen molar-refractivity contribution in [2.24, 2.45) is 7.05 Å². The van der Waals surface area contributed by atoms with Gasteiger partial charge in [-0.1, -0.05) is 6.42 Å². The third-order valence-corrected chi connectivity index (χ3v) is 5.54. The van der Waals surface area contributed by atoms with Gasteiger partial charge >= 0.3 is 0 Å². The zero-order chi connectivity index (χ0) is 18.8. The number of hydrogen-bond acceptors (Lipinski definition) is 6. The van der Waals surface area contributed by atoms with Crippen molar-refractivity contribution in [2.75, 3.05) is 31.6 Å². The first-order chi connectivity index (χ1) is 13.1. The van der Waals surface area contributed by atoms with Crippen molar-refractivity contribution >= 4 is 16.9 Å². The molecule has 142 valence electrons. The van der Waals surface area contributed by atoms with Gasteiger partial charge in [-0.25, -0.2) is 9.97 Å². The van der Waals surface area contributed by atoms with Gasteiger partial charge in [0.25, 0.3) is 0 Å². The van der Waals surface area contributed by atoms with Crippen LogP contribution < -0.4 is 4.90 Å². The molecule has 3 aromatic rings. The number of likely N-dealkylation sites (tertiary alicyclic amines) is 1. The van der Waals surface area contributed by atoms with Gasteiger partial charge in [0, 0.05) is 51.2 Å². The molecule has 0 aliphatic carbocycles. The van der Waals surface area contributed by atoms with Crippen molar-refractivity contribution in [1.82, 2.24) is 29.6 Å². The number of pyridine rings is 1. The Morgan fingerprint density at radius 2 is 2.00 bits per heavy atom. The maximum Gasteiger partial charge on any atom is 0.164 e. The molecule has 0 amide bonds. The lowest BCUT2D eigenvalue weighted by atomic mass is 10.0. The Kier molecular flexibility index (Phi) is 5.03. The number of piperidine rings is 1. The molecule has 4 rings (SSSR count). The van der Waals surface area contributed by atoms with E-state index < -0.39 is 0 Å². The molecule has 1 unspecified atom stereocenters. The Morgan fingerprint density at radius 3 is 2.78 bits per heavy atom. The van der Waals surface area contributed by atoms with Crippen molar-refractivity contribution in [3.05, 3.63) is 30.7 Å². The zero-order valence-corrected chi connectivity index (χ0v) is 16.3. The summed E-state index contributed by atoms with van der Waals surface area (Å²) in [6, 6.07) is 4.55. The standard InChI is InChI=1S/C20H27N7/c1-15-6-4-5-11-27(15)13-12-25(2)19-17-14-22-26(3)20(17)24-18(23-19)16-7-9-21-10-8-16/h7-10,14-15H,4-6,11-13H2,1-3H3. The molecule has 1 fully saturated rings. The van der Waals surface area contributed by atoms with Gasteiger partial charge in [0.1, 0.15) is 5.82 Å². The average Bonchev–Trinajstić information content (AvgIpc) is 3.08. The molecule has 1 saturated heterocycles. The third kappa shape index (κ3) is 3.64. The number of fused-ring (bicyclic) bond motifs is 1. The highest BCUT2D eigenvalue weighted by atomic mass is 15.3. The summed E-state index contributed by atoms with van der Waals surface area (Å²) in [5.74, 6) is 1.64. The maximum absolute atomic E-state index is 4.88. The van der Waals surface area contributed by atoms with Crippen LogP contribution in [0.1, 0.15) is 26.2 Å². The van der Waals surface area contributed by atoms with E-state index in [0.717, 1.165) is 35.5 Å². The summed E-state index contributed by atoms with van der Waals surface area (Å²) in [6.07, 6.45) is 9.36. The molecule has 1 atom stereocenters. The van der Waals surface area contributed by atoms with Gasteiger partial charge in [-0.15, -0.1) is 0 Å². The van der Waals surface area contributed by atoms with Gasteiger partial charge < -0.3 is 4.90 Å². The number of rotatable bonds is 5. The van der Waals surface area contributed by atoms with E-state index in [0.29, 0.717) is 11.9 Å². The van der Waals surface area contributed by atoms with Crippen molar-refractivity contribution in [1.29, 1.82) is 0 Å². The fraction of sp³-hybridized carbons (Fsp3) is 0.500. The minimum atomic E-state index is 0.670. The molecule has 0 spiro atoms. The summed E-state index contributed by atoms with van der Waals surface area (Å²) in [6.45, 7) is 5.52. The topological polar surface area (TPSA) is 63.0 Å². The van der Waals surface area contributed by atoms with Crippen LogP contribution >= 0.6 is 0 Å². The second kappa shape index (κ2) is 7.60. The predicted molar refractivity (Wildman–Crippen MR) is 108 cm³/mol. The normalized spacial score (nSPS) is 18.1. The summed E-state index contributed by atoms with van der Waals surface area (Å²) in [7, 11) is 4.03. The molecule has 1 aliphatic heterocycles. The quantitative estimate of drug-likeness (QED) is 0.693. The Labute approximate surface area is 160 Å². The van der Waals surface area contributed by atoms with Gasteiger partial charge in [-0.05, 0) is 38.4 Å². The largest absolute Gasteiger partial charge is 0.358 e. The summed E-state index contributed by atoms with van der Waals surface area (Å²) in [5.41, 5.74) is 1.82. The first-order valence-electron chi connectivity index (χ1n) is 9.69. The number of nitrogens with zero attached hydrogens (tertiary/aromatic N) is 7. The van der Waals surface area contributed by atoms with Crippen molar-refractivity contribution in [2.45, 2.75) is 32.2 Å². The summed E-state index contributed by atoms with van der Waals surface area (Å²) in [5, 5.41) is 5.39. The van der Waals surface area contributed by atoms with E-state index in [4.69, 9.17) is 9.97 Å². The predicted octanol–water partition coefficient (Wildman–Crippen LogP) is 2.74. The molecule has 0 N–H and O–H groups in total. The Morgan fingerprint density at radius 1 is 1.19 bits per heavy atom. The summed E-state index contributed by atoms with van der Waals surface area (Å²) in [4.78, 5) is 18.5. The number of hydrogen-bond donors (Lipinski definition) is 0. The number of aromatic nitrogens is 5. The molecule has 3 aromatic heterocycles. The van der Waals surface area contributed by atoms with Crippen LogP contribution in [0.5, 0.6) is 0 Å². The lowest BCUT2D eigenvalue weighted by Crippen LogP contribution is -2.42. The molecule has 7 heteroatoms. The summed E-state index contributed by atoms with van der Waals surface area (Å²) < 4.78 is 1.81. The van der Waals surface area contributed by atoms with E-state index >= 15 is 0 Å². The molecule has 1 aliphatic rings. The van der Waals surface area contributed by atoms with E-state index in [2.05, 4.69) is 33.9 Å². The Hall–Kier alpha value is -2.54. The van der Waals surface area contributed by atoms with Crippen molar-refractivity contribution < 1.29 is 0 Å². The zero-order valence-electron chi connectivity index (χ0n) is 16.3. The first kappa shape index (κ1) is 17.9. The molecule has 0 bridgehead atoms. The average molecular weight is 365 g/mol. The van der Waals surface area contributed by atoms with Crippen LogP contribution in [0.4, 0.5) is 5.82 Å². The highest BCUT2D eigenvalue weighted by Crippen LogP contribution is 2.26. The SMILES string of the molecule is CC1CCCCN1CCN(C)c1nc(-c2ccncc2)nc2c1cnn2C. The van der Waals surface area contributed by atoms with E-state index in [1.165, 1.54) is 25.8 Å². The first-order valence-corrected chi connectivity index (χ1v) is 9.69. The van der Waals surface area contributed by atoms with Gasteiger partial charge in [0.15, 0.2) is 11.5 Å². The van der Waals surface area contributed by atoms with Crippen LogP contribution in [0.25, 0.3) is 22.4 Å². The van der Waals surface area contributed by atoms with Crippen molar-refractivity contribution in [3.8, 4) is 11.4 Å². The fourth-order valence-corrected chi connectivity index (χ4v) is 3.80. The highest BCUT2D eigenvalue weighted by Gasteiger charge is 2.20. The van der Waals surface area contributed by atoms with Gasteiger partial charge in [-0.3, -0.25) is 14.6 Å². The van der Waals surface area contributed by atoms with E-state index in [1.54, 1.807) is 12.4 Å². The van der Waals surface area contributed by atoms with Crippen molar-refractivity contribution in [3.63, 3.8) is 0 Å². The Bertz CT molecular complexity index is 905. The summed E-state index contributed by atoms with van der Waals surface area (Å²) >= 11 is 0. The van der Waals surface area contributed by atoms with Crippen LogP contribution in [0.15, 0.2) is 30.7 Å². The lowest BCUT2D eigenvalue weighted by molar-refractivity contribution is 0.165. The van der Waals surface area contributed by atoms with E-state index in [9.17, 15) is 0 Å². The molecule has 4 heterocycles. The van der Waals surface area contributed by atoms with E-state index in [-0.39, 0.29) is 0 Å². The highest BCUT2D eigenvalue weighted by molar-refractivity contribution is 5.88. The minimum Gasteiger partial charge on any atom is -0.358 e. The fourth-order valence-electron chi connectivity index (χ4n) is 3.80. The molecule has 0 radical (unpaired) electrons. The number of anilines is 1. The molecular formula is C20H27N7. The molecular weight excluding hydrogens is 338 g/mol. The third-order valence-electron chi connectivity index (χ3n) is 5.54. The van der Waals surface area contributed by atoms with Gasteiger partial charge in [0.05, 0.1) is 11.6 Å². The van der Waals surface area contributed by atoms with Crippen LogP contribution in [0.2, 0.25) is 0 Å². The van der Waals surface area contributed by atoms with Crippen LogP contribution in [-0.4, -0.2) is 62.4 Å². The molecule has 0 saturated carbocycles.